The zero-order valence-corrected chi connectivity index (χ0v) is 6.22. The molecule has 0 aliphatic carbocycles. The lowest BCUT2D eigenvalue weighted by atomic mass is 10.4. The van der Waals surface area contributed by atoms with E-state index in [-0.39, 0.29) is 12.6 Å². The maximum atomic E-state index is 10.6. The predicted octanol–water partition coefficient (Wildman–Crippen LogP) is -0.555. The minimum Gasteiger partial charge on any atom is -0.381 e. The molecule has 60 valence electrons. The number of carbonyl (C=O) groups excluding carboxylic acids is 1. The van der Waals surface area contributed by atoms with Gasteiger partial charge >= 0.3 is 0 Å². The average molecular weight is 146 g/mol. The van der Waals surface area contributed by atoms with E-state index in [1.165, 1.54) is 0 Å². The number of hydrogen-bond donors (Lipinski definition) is 2. The highest BCUT2D eigenvalue weighted by Gasteiger charge is 1.96. The van der Waals surface area contributed by atoms with E-state index in [0.29, 0.717) is 19.6 Å². The molecule has 1 amide bonds. The van der Waals surface area contributed by atoms with Crippen molar-refractivity contribution in [2.45, 2.75) is 13.3 Å². The molecule has 0 unspecified atom stereocenters. The van der Waals surface area contributed by atoms with Crippen LogP contribution >= 0.6 is 0 Å². The molecule has 0 heterocycles. The quantitative estimate of drug-likeness (QED) is 0.404. The number of amides is 1. The van der Waals surface area contributed by atoms with Gasteiger partial charge < -0.3 is 15.8 Å². The average Bonchev–Trinajstić information content (AvgIpc) is 1.89. The predicted molar refractivity (Wildman–Crippen MR) is 38.3 cm³/mol. The van der Waals surface area contributed by atoms with Gasteiger partial charge in [0.05, 0.1) is 13.3 Å². The normalized spacial score (nSPS) is 9.40. The van der Waals surface area contributed by atoms with Crippen LogP contribution in [0.25, 0.3) is 0 Å². The molecule has 0 fully saturated rings. The van der Waals surface area contributed by atoms with Crippen LogP contribution in [0.4, 0.5) is 0 Å². The van der Waals surface area contributed by atoms with E-state index in [1.807, 2.05) is 6.92 Å². The van der Waals surface area contributed by atoms with Gasteiger partial charge in [0.1, 0.15) is 0 Å². The number of ether oxygens (including phenoxy) is 1. The molecule has 0 aromatic carbocycles. The fourth-order valence-electron chi connectivity index (χ4n) is 0.511. The van der Waals surface area contributed by atoms with E-state index in [1.54, 1.807) is 0 Å². The van der Waals surface area contributed by atoms with Crippen LogP contribution in [-0.4, -0.2) is 25.8 Å². The summed E-state index contributed by atoms with van der Waals surface area (Å²) in [5, 5.41) is 2.46. The first-order valence-electron chi connectivity index (χ1n) is 3.35. The SMILES string of the molecule is CCOCCC(=O)NCN. The molecule has 0 saturated carbocycles. The molecule has 0 spiro atoms. The third-order valence-electron chi connectivity index (χ3n) is 0.977. The fraction of sp³-hybridized carbons (Fsp3) is 0.833. The van der Waals surface area contributed by atoms with Crippen LogP contribution in [0.3, 0.4) is 0 Å². The molecule has 0 aromatic rings. The summed E-state index contributed by atoms with van der Waals surface area (Å²) in [5.74, 6) is -0.0593. The maximum absolute atomic E-state index is 10.6. The van der Waals surface area contributed by atoms with Gasteiger partial charge in [-0.1, -0.05) is 0 Å². The molecule has 0 bridgehead atoms. The van der Waals surface area contributed by atoms with Crippen LogP contribution in [0, 0.1) is 0 Å². The highest BCUT2D eigenvalue weighted by Crippen LogP contribution is 1.80. The summed E-state index contributed by atoms with van der Waals surface area (Å²) in [6, 6.07) is 0. The molecule has 0 saturated heterocycles. The molecular formula is C6H14N2O2. The number of carbonyl (C=O) groups is 1. The van der Waals surface area contributed by atoms with Crippen LogP contribution < -0.4 is 11.1 Å². The van der Waals surface area contributed by atoms with Gasteiger partial charge in [-0.3, -0.25) is 4.79 Å². The zero-order valence-electron chi connectivity index (χ0n) is 6.22. The fourth-order valence-corrected chi connectivity index (χ4v) is 0.511. The van der Waals surface area contributed by atoms with Crippen LogP contribution in [-0.2, 0) is 9.53 Å². The van der Waals surface area contributed by atoms with Crippen molar-refractivity contribution in [3.8, 4) is 0 Å². The lowest BCUT2D eigenvalue weighted by Gasteiger charge is -2.00. The second kappa shape index (κ2) is 6.51. The third-order valence-corrected chi connectivity index (χ3v) is 0.977. The molecule has 10 heavy (non-hydrogen) atoms. The van der Waals surface area contributed by atoms with E-state index >= 15 is 0 Å². The van der Waals surface area contributed by atoms with Crippen LogP contribution in [0.5, 0.6) is 0 Å². The van der Waals surface area contributed by atoms with Crippen molar-refractivity contribution in [1.82, 2.24) is 5.32 Å². The van der Waals surface area contributed by atoms with Gasteiger partial charge in [-0.05, 0) is 6.92 Å². The summed E-state index contributed by atoms with van der Waals surface area (Å²) < 4.78 is 4.95. The van der Waals surface area contributed by atoms with Crippen molar-refractivity contribution < 1.29 is 9.53 Å². The Morgan fingerprint density at radius 1 is 1.70 bits per heavy atom. The standard InChI is InChI=1S/C6H14N2O2/c1-2-10-4-3-6(9)8-5-7/h2-5,7H2,1H3,(H,8,9). The summed E-state index contributed by atoms with van der Waals surface area (Å²) in [4.78, 5) is 10.6. The molecule has 4 heteroatoms. The molecule has 0 atom stereocenters. The lowest BCUT2D eigenvalue weighted by molar-refractivity contribution is -0.122. The van der Waals surface area contributed by atoms with Crippen molar-refractivity contribution in [1.29, 1.82) is 0 Å². The van der Waals surface area contributed by atoms with Gasteiger partial charge in [-0.2, -0.15) is 0 Å². The Kier molecular flexibility index (Phi) is 6.11. The minimum atomic E-state index is -0.0593. The van der Waals surface area contributed by atoms with Gasteiger partial charge in [0, 0.05) is 13.0 Å². The Morgan fingerprint density at radius 3 is 2.90 bits per heavy atom. The number of nitrogens with one attached hydrogen (secondary N) is 1. The summed E-state index contributed by atoms with van der Waals surface area (Å²) in [6.07, 6.45) is 0.394. The van der Waals surface area contributed by atoms with Gasteiger partial charge in [-0.15, -0.1) is 0 Å². The van der Waals surface area contributed by atoms with Gasteiger partial charge in [0.25, 0.3) is 0 Å². The first-order chi connectivity index (χ1) is 4.81. The van der Waals surface area contributed by atoms with Crippen molar-refractivity contribution in [3.63, 3.8) is 0 Å². The van der Waals surface area contributed by atoms with Crippen LogP contribution in [0.2, 0.25) is 0 Å². The Balaban J connectivity index is 3.05. The minimum absolute atomic E-state index is 0.0593. The van der Waals surface area contributed by atoms with Gasteiger partial charge in [0.15, 0.2) is 0 Å². The second-order valence-electron chi connectivity index (χ2n) is 1.75. The van der Waals surface area contributed by atoms with Crippen molar-refractivity contribution in [2.24, 2.45) is 5.73 Å². The van der Waals surface area contributed by atoms with E-state index in [4.69, 9.17) is 10.5 Å². The summed E-state index contributed by atoms with van der Waals surface area (Å²) in [5.41, 5.74) is 5.06. The topological polar surface area (TPSA) is 64.3 Å². The Hall–Kier alpha value is -0.610. The number of rotatable bonds is 5. The van der Waals surface area contributed by atoms with E-state index in [9.17, 15) is 4.79 Å². The molecule has 0 aliphatic heterocycles. The molecule has 3 N–H and O–H groups in total. The van der Waals surface area contributed by atoms with E-state index in [2.05, 4.69) is 5.32 Å². The Labute approximate surface area is 60.7 Å². The first-order valence-corrected chi connectivity index (χ1v) is 3.35. The summed E-state index contributed by atoms with van der Waals surface area (Å²) in [6.45, 7) is 3.21. The molecule has 0 radical (unpaired) electrons. The van der Waals surface area contributed by atoms with E-state index in [0.717, 1.165) is 0 Å². The smallest absolute Gasteiger partial charge is 0.223 e. The molecular weight excluding hydrogens is 132 g/mol. The monoisotopic (exact) mass is 146 g/mol. The van der Waals surface area contributed by atoms with Crippen molar-refractivity contribution in [2.75, 3.05) is 19.9 Å². The van der Waals surface area contributed by atoms with Crippen molar-refractivity contribution >= 4 is 5.91 Å². The van der Waals surface area contributed by atoms with Crippen molar-refractivity contribution in [3.05, 3.63) is 0 Å². The number of nitrogens with two attached hydrogens (primary N) is 1. The largest absolute Gasteiger partial charge is 0.381 e. The van der Waals surface area contributed by atoms with Gasteiger partial charge in [-0.25, -0.2) is 0 Å². The summed E-state index contributed by atoms with van der Waals surface area (Å²) in [7, 11) is 0. The molecule has 0 aromatic heterocycles. The highest BCUT2D eigenvalue weighted by molar-refractivity contribution is 5.75. The highest BCUT2D eigenvalue weighted by atomic mass is 16.5. The second-order valence-corrected chi connectivity index (χ2v) is 1.75. The third kappa shape index (κ3) is 5.53. The summed E-state index contributed by atoms with van der Waals surface area (Å²) >= 11 is 0. The maximum Gasteiger partial charge on any atom is 0.223 e. The lowest BCUT2D eigenvalue weighted by Crippen LogP contribution is -2.29. The molecule has 0 aliphatic rings. The molecule has 4 nitrogen and oxygen atoms in total. The van der Waals surface area contributed by atoms with Crippen LogP contribution in [0.15, 0.2) is 0 Å². The zero-order chi connectivity index (χ0) is 7.82. The Bertz CT molecular complexity index is 95.7. The van der Waals surface area contributed by atoms with Gasteiger partial charge in [0.2, 0.25) is 5.91 Å². The first kappa shape index (κ1) is 9.39. The number of hydrogen-bond acceptors (Lipinski definition) is 3. The van der Waals surface area contributed by atoms with E-state index < -0.39 is 0 Å². The Morgan fingerprint density at radius 2 is 2.40 bits per heavy atom. The molecule has 0 rings (SSSR count). The van der Waals surface area contributed by atoms with Crippen LogP contribution in [0.1, 0.15) is 13.3 Å².